The van der Waals surface area contributed by atoms with Crippen LogP contribution in [0.1, 0.15) is 34.1 Å². The van der Waals surface area contributed by atoms with Gasteiger partial charge in [0.2, 0.25) is 0 Å². The highest BCUT2D eigenvalue weighted by Crippen LogP contribution is 2.06. The van der Waals surface area contributed by atoms with Gasteiger partial charge in [0, 0.05) is 13.2 Å². The second kappa shape index (κ2) is 6.80. The molecule has 0 spiro atoms. The van der Waals surface area contributed by atoms with Crippen molar-refractivity contribution >= 4 is 5.97 Å². The minimum absolute atomic E-state index is 0.211. The molecule has 0 amide bonds. The molecule has 0 bridgehead atoms. The van der Waals surface area contributed by atoms with Crippen LogP contribution in [0.4, 0.5) is 0 Å². The first-order chi connectivity index (χ1) is 6.89. The van der Waals surface area contributed by atoms with E-state index in [1.54, 1.807) is 7.11 Å². The van der Waals surface area contributed by atoms with Gasteiger partial charge in [-0.1, -0.05) is 6.92 Å². The zero-order chi connectivity index (χ0) is 11.9. The fourth-order valence-electron chi connectivity index (χ4n) is 1.13. The number of carbonyl (C=O) groups is 1. The molecule has 15 heavy (non-hydrogen) atoms. The third-order valence-corrected chi connectivity index (χ3v) is 1.82. The molecule has 0 heterocycles. The van der Waals surface area contributed by atoms with Gasteiger partial charge < -0.3 is 14.8 Å². The second-order valence-electron chi connectivity index (χ2n) is 4.53. The Balaban J connectivity index is 3.78. The number of hydrogen-bond acceptors (Lipinski definition) is 4. The fraction of sp³-hybridized carbons (Fsp3) is 0.909. The summed E-state index contributed by atoms with van der Waals surface area (Å²) in [6.45, 7) is 8.47. The lowest BCUT2D eigenvalue weighted by atomic mass is 10.2. The molecule has 0 aromatic carbocycles. The van der Waals surface area contributed by atoms with Gasteiger partial charge in [0.15, 0.2) is 0 Å². The minimum Gasteiger partial charge on any atom is -0.459 e. The molecule has 4 nitrogen and oxygen atoms in total. The molecule has 1 atom stereocenters. The Morgan fingerprint density at radius 3 is 2.40 bits per heavy atom. The molecule has 0 radical (unpaired) electrons. The average Bonchev–Trinajstić information content (AvgIpc) is 2.09. The van der Waals surface area contributed by atoms with Gasteiger partial charge in [-0.3, -0.25) is 4.79 Å². The minimum atomic E-state index is -0.415. The van der Waals surface area contributed by atoms with Crippen LogP contribution < -0.4 is 5.32 Å². The van der Waals surface area contributed by atoms with E-state index in [0.29, 0.717) is 6.61 Å². The van der Waals surface area contributed by atoms with E-state index in [1.165, 1.54) is 0 Å². The molecule has 0 aromatic rings. The highest BCUT2D eigenvalue weighted by atomic mass is 16.6. The number of methoxy groups -OCH3 is 1. The first-order valence-electron chi connectivity index (χ1n) is 5.33. The molecule has 0 aliphatic carbocycles. The van der Waals surface area contributed by atoms with Crippen molar-refractivity contribution in [2.75, 3.05) is 20.3 Å². The Kier molecular flexibility index (Phi) is 6.52. The molecule has 1 unspecified atom stereocenters. The topological polar surface area (TPSA) is 47.6 Å². The summed E-state index contributed by atoms with van der Waals surface area (Å²) in [6, 6.07) is 0.211. The summed E-state index contributed by atoms with van der Waals surface area (Å²) in [6.07, 6.45) is 0.927. The summed E-state index contributed by atoms with van der Waals surface area (Å²) in [5, 5.41) is 3.09. The average molecular weight is 217 g/mol. The number of ether oxygens (including phenoxy) is 2. The van der Waals surface area contributed by atoms with E-state index in [0.717, 1.165) is 6.42 Å². The molecule has 0 aliphatic heterocycles. The van der Waals surface area contributed by atoms with E-state index in [9.17, 15) is 4.79 Å². The molecule has 0 rings (SSSR count). The van der Waals surface area contributed by atoms with Crippen LogP contribution in [-0.2, 0) is 14.3 Å². The Morgan fingerprint density at radius 2 is 2.00 bits per heavy atom. The van der Waals surface area contributed by atoms with Crippen LogP contribution >= 0.6 is 0 Å². The summed E-state index contributed by atoms with van der Waals surface area (Å²) < 4.78 is 10.2. The lowest BCUT2D eigenvalue weighted by molar-refractivity contribution is -0.153. The van der Waals surface area contributed by atoms with Gasteiger partial charge in [0.1, 0.15) is 5.60 Å². The Labute approximate surface area is 92.3 Å². The van der Waals surface area contributed by atoms with Gasteiger partial charge in [-0.25, -0.2) is 0 Å². The van der Waals surface area contributed by atoms with Crippen molar-refractivity contribution in [3.05, 3.63) is 0 Å². The summed E-state index contributed by atoms with van der Waals surface area (Å²) in [7, 11) is 1.65. The molecular formula is C11H23NO3. The van der Waals surface area contributed by atoms with Crippen molar-refractivity contribution in [2.24, 2.45) is 0 Å². The summed E-state index contributed by atoms with van der Waals surface area (Å²) in [4.78, 5) is 11.4. The highest BCUT2D eigenvalue weighted by molar-refractivity contribution is 5.72. The zero-order valence-electron chi connectivity index (χ0n) is 10.4. The first-order valence-corrected chi connectivity index (χ1v) is 5.33. The highest BCUT2D eigenvalue weighted by Gasteiger charge is 2.16. The van der Waals surface area contributed by atoms with E-state index in [1.807, 2.05) is 27.7 Å². The van der Waals surface area contributed by atoms with E-state index >= 15 is 0 Å². The number of nitrogens with one attached hydrogen (secondary N) is 1. The predicted octanol–water partition coefficient (Wildman–Crippen LogP) is 1.34. The molecule has 90 valence electrons. The van der Waals surface area contributed by atoms with Crippen molar-refractivity contribution < 1.29 is 14.3 Å². The maximum absolute atomic E-state index is 11.4. The normalized spacial score (nSPS) is 13.7. The predicted molar refractivity (Wildman–Crippen MR) is 59.8 cm³/mol. The standard InChI is InChI=1S/C11H23NO3/c1-6-9(8-14-5)12-7-10(13)15-11(2,3)4/h9,12H,6-8H2,1-5H3. The van der Waals surface area contributed by atoms with Crippen LogP contribution in [0.15, 0.2) is 0 Å². The van der Waals surface area contributed by atoms with E-state index in [4.69, 9.17) is 9.47 Å². The van der Waals surface area contributed by atoms with Gasteiger partial charge in [-0.05, 0) is 27.2 Å². The quantitative estimate of drug-likeness (QED) is 0.682. The molecule has 0 aliphatic rings. The van der Waals surface area contributed by atoms with Crippen LogP contribution in [0, 0.1) is 0 Å². The van der Waals surface area contributed by atoms with Crippen LogP contribution in [0.25, 0.3) is 0 Å². The molecular weight excluding hydrogens is 194 g/mol. The molecule has 0 saturated carbocycles. The van der Waals surface area contributed by atoms with Crippen molar-refractivity contribution in [2.45, 2.75) is 45.8 Å². The van der Waals surface area contributed by atoms with Crippen LogP contribution in [-0.4, -0.2) is 37.9 Å². The molecule has 0 aromatic heterocycles. The number of carbonyl (C=O) groups excluding carboxylic acids is 1. The van der Waals surface area contributed by atoms with Crippen molar-refractivity contribution in [1.82, 2.24) is 5.32 Å². The number of rotatable bonds is 6. The zero-order valence-corrected chi connectivity index (χ0v) is 10.4. The smallest absolute Gasteiger partial charge is 0.320 e. The lowest BCUT2D eigenvalue weighted by Crippen LogP contribution is -2.39. The van der Waals surface area contributed by atoms with Gasteiger partial charge in [0.05, 0.1) is 13.2 Å². The van der Waals surface area contributed by atoms with Gasteiger partial charge in [-0.2, -0.15) is 0 Å². The van der Waals surface area contributed by atoms with E-state index in [-0.39, 0.29) is 18.6 Å². The maximum Gasteiger partial charge on any atom is 0.320 e. The van der Waals surface area contributed by atoms with Gasteiger partial charge in [-0.15, -0.1) is 0 Å². The summed E-state index contributed by atoms with van der Waals surface area (Å²) in [5.41, 5.74) is -0.415. The van der Waals surface area contributed by atoms with Crippen LogP contribution in [0.2, 0.25) is 0 Å². The molecule has 0 saturated heterocycles. The third-order valence-electron chi connectivity index (χ3n) is 1.82. The third kappa shape index (κ3) is 8.39. The summed E-state index contributed by atoms with van der Waals surface area (Å²) >= 11 is 0. The number of hydrogen-bond donors (Lipinski definition) is 1. The summed E-state index contributed by atoms with van der Waals surface area (Å²) in [5.74, 6) is -0.225. The van der Waals surface area contributed by atoms with Crippen LogP contribution in [0.5, 0.6) is 0 Å². The maximum atomic E-state index is 11.4. The largest absolute Gasteiger partial charge is 0.459 e. The Morgan fingerprint density at radius 1 is 1.40 bits per heavy atom. The SMILES string of the molecule is CCC(COC)NCC(=O)OC(C)(C)C. The molecule has 1 N–H and O–H groups in total. The van der Waals surface area contributed by atoms with Gasteiger partial charge in [0.25, 0.3) is 0 Å². The lowest BCUT2D eigenvalue weighted by Gasteiger charge is -2.21. The second-order valence-corrected chi connectivity index (χ2v) is 4.53. The van der Waals surface area contributed by atoms with Crippen LogP contribution in [0.3, 0.4) is 0 Å². The Hall–Kier alpha value is -0.610. The van der Waals surface area contributed by atoms with Crippen molar-refractivity contribution in [3.63, 3.8) is 0 Å². The fourth-order valence-corrected chi connectivity index (χ4v) is 1.13. The molecule has 0 fully saturated rings. The first kappa shape index (κ1) is 14.4. The van der Waals surface area contributed by atoms with E-state index < -0.39 is 5.60 Å². The molecule has 4 heteroatoms. The van der Waals surface area contributed by atoms with Crippen molar-refractivity contribution in [1.29, 1.82) is 0 Å². The van der Waals surface area contributed by atoms with Crippen molar-refractivity contribution in [3.8, 4) is 0 Å². The van der Waals surface area contributed by atoms with E-state index in [2.05, 4.69) is 5.32 Å². The van der Waals surface area contributed by atoms with Gasteiger partial charge >= 0.3 is 5.97 Å². The monoisotopic (exact) mass is 217 g/mol. The number of esters is 1. The Bertz CT molecular complexity index is 187.